The van der Waals surface area contributed by atoms with Gasteiger partial charge in [-0.2, -0.15) is 4.98 Å². The third kappa shape index (κ3) is 3.62. The third-order valence-electron chi connectivity index (χ3n) is 5.62. The molecule has 0 bridgehead atoms. The summed E-state index contributed by atoms with van der Waals surface area (Å²) in [6.45, 7) is 8.00. The second-order valence-electron chi connectivity index (χ2n) is 7.35. The van der Waals surface area contributed by atoms with E-state index in [0.717, 1.165) is 43.6 Å². The molecule has 0 saturated carbocycles. The van der Waals surface area contributed by atoms with Gasteiger partial charge in [-0.05, 0) is 38.4 Å². The van der Waals surface area contributed by atoms with Gasteiger partial charge in [-0.15, -0.1) is 5.10 Å². The van der Waals surface area contributed by atoms with Crippen LogP contribution < -0.4 is 4.90 Å². The molecule has 2 aromatic rings. The van der Waals surface area contributed by atoms with Crippen LogP contribution in [0.3, 0.4) is 0 Å². The molecule has 2 saturated heterocycles. The molecule has 1 aromatic carbocycles. The smallest absolute Gasteiger partial charge is 0.224 e. The number of hydrogen-bond acceptors (Lipinski definition) is 5. The SMILES string of the molecule is CC(c1ccc(-c2nc(N3CCOCC3)n(C)n2)cc1)N1CCCCC1. The monoisotopic (exact) mass is 355 g/mol. The van der Waals surface area contributed by atoms with Gasteiger partial charge in [0.15, 0.2) is 5.82 Å². The maximum atomic E-state index is 5.43. The van der Waals surface area contributed by atoms with Crippen LogP contribution >= 0.6 is 0 Å². The van der Waals surface area contributed by atoms with E-state index in [0.29, 0.717) is 6.04 Å². The summed E-state index contributed by atoms with van der Waals surface area (Å²) in [5.41, 5.74) is 2.45. The minimum absolute atomic E-state index is 0.477. The van der Waals surface area contributed by atoms with Crippen LogP contribution in [-0.4, -0.2) is 59.1 Å². The van der Waals surface area contributed by atoms with Gasteiger partial charge in [-0.1, -0.05) is 30.7 Å². The van der Waals surface area contributed by atoms with Crippen molar-refractivity contribution in [3.63, 3.8) is 0 Å². The largest absolute Gasteiger partial charge is 0.378 e. The van der Waals surface area contributed by atoms with Crippen molar-refractivity contribution >= 4 is 5.95 Å². The zero-order valence-electron chi connectivity index (χ0n) is 15.9. The predicted octanol–water partition coefficient (Wildman–Crippen LogP) is 2.87. The van der Waals surface area contributed by atoms with Gasteiger partial charge in [-0.3, -0.25) is 4.90 Å². The lowest BCUT2D eigenvalue weighted by Crippen LogP contribution is -2.37. The Balaban J connectivity index is 1.49. The highest BCUT2D eigenvalue weighted by Crippen LogP contribution is 2.26. The molecule has 6 heteroatoms. The Labute approximate surface area is 155 Å². The fourth-order valence-electron chi connectivity index (χ4n) is 3.96. The van der Waals surface area contributed by atoms with Crippen LogP contribution in [0.15, 0.2) is 24.3 Å². The van der Waals surface area contributed by atoms with Gasteiger partial charge in [0.25, 0.3) is 0 Å². The zero-order chi connectivity index (χ0) is 17.9. The van der Waals surface area contributed by atoms with E-state index in [1.54, 1.807) is 0 Å². The number of ether oxygens (including phenoxy) is 1. The lowest BCUT2D eigenvalue weighted by molar-refractivity contribution is 0.121. The number of likely N-dealkylation sites (tertiary alicyclic amines) is 1. The van der Waals surface area contributed by atoms with Crippen molar-refractivity contribution in [1.82, 2.24) is 19.7 Å². The number of rotatable bonds is 4. The maximum Gasteiger partial charge on any atom is 0.224 e. The molecule has 6 nitrogen and oxygen atoms in total. The second kappa shape index (κ2) is 7.76. The summed E-state index contributed by atoms with van der Waals surface area (Å²) < 4.78 is 7.31. The Morgan fingerprint density at radius 3 is 2.35 bits per heavy atom. The van der Waals surface area contributed by atoms with Crippen molar-refractivity contribution in [3.05, 3.63) is 29.8 Å². The fraction of sp³-hybridized carbons (Fsp3) is 0.600. The average Bonchev–Trinajstić information content (AvgIpc) is 3.10. The van der Waals surface area contributed by atoms with Gasteiger partial charge in [0.1, 0.15) is 0 Å². The van der Waals surface area contributed by atoms with Crippen LogP contribution in [0, 0.1) is 0 Å². The van der Waals surface area contributed by atoms with Crippen molar-refractivity contribution in [1.29, 1.82) is 0 Å². The van der Waals surface area contributed by atoms with E-state index in [4.69, 9.17) is 9.72 Å². The molecular formula is C20H29N5O. The molecule has 1 atom stereocenters. The first-order valence-corrected chi connectivity index (χ1v) is 9.80. The van der Waals surface area contributed by atoms with E-state index in [1.807, 2.05) is 11.7 Å². The van der Waals surface area contributed by atoms with E-state index in [1.165, 1.54) is 37.9 Å². The molecule has 3 heterocycles. The molecule has 140 valence electrons. The molecule has 1 aromatic heterocycles. The lowest BCUT2D eigenvalue weighted by atomic mass is 10.0. The van der Waals surface area contributed by atoms with Gasteiger partial charge < -0.3 is 9.64 Å². The molecule has 2 aliphatic heterocycles. The summed E-state index contributed by atoms with van der Waals surface area (Å²) in [6.07, 6.45) is 4.02. The van der Waals surface area contributed by atoms with Crippen LogP contribution in [0.25, 0.3) is 11.4 Å². The number of anilines is 1. The minimum atomic E-state index is 0.477. The normalized spacial score (nSPS) is 20.3. The standard InChI is InChI=1S/C20H29N5O/c1-16(24-10-4-3-5-11-24)17-6-8-18(9-7-17)19-21-20(23(2)22-19)25-12-14-26-15-13-25/h6-9,16H,3-5,10-15H2,1-2H3. The summed E-state index contributed by atoms with van der Waals surface area (Å²) in [5.74, 6) is 1.72. The second-order valence-corrected chi connectivity index (χ2v) is 7.35. The van der Waals surface area contributed by atoms with E-state index in [9.17, 15) is 0 Å². The Bertz CT molecular complexity index is 714. The number of aryl methyl sites for hydroxylation is 1. The summed E-state index contributed by atoms with van der Waals surface area (Å²) >= 11 is 0. The van der Waals surface area contributed by atoms with Gasteiger partial charge in [0.2, 0.25) is 5.95 Å². The molecule has 0 radical (unpaired) electrons. The van der Waals surface area contributed by atoms with Crippen molar-refractivity contribution in [2.75, 3.05) is 44.3 Å². The highest BCUT2D eigenvalue weighted by atomic mass is 16.5. The molecule has 2 fully saturated rings. The highest BCUT2D eigenvalue weighted by molar-refractivity contribution is 5.57. The molecular weight excluding hydrogens is 326 g/mol. The predicted molar refractivity (Wildman–Crippen MR) is 103 cm³/mol. The van der Waals surface area contributed by atoms with Gasteiger partial charge >= 0.3 is 0 Å². The van der Waals surface area contributed by atoms with Crippen molar-refractivity contribution in [3.8, 4) is 11.4 Å². The Morgan fingerprint density at radius 1 is 0.962 bits per heavy atom. The highest BCUT2D eigenvalue weighted by Gasteiger charge is 2.20. The van der Waals surface area contributed by atoms with Crippen LogP contribution in [0.5, 0.6) is 0 Å². The molecule has 4 rings (SSSR count). The number of nitrogens with zero attached hydrogens (tertiary/aromatic N) is 5. The Morgan fingerprint density at radius 2 is 1.65 bits per heavy atom. The van der Waals surface area contributed by atoms with Gasteiger partial charge in [-0.25, -0.2) is 4.68 Å². The fourth-order valence-corrected chi connectivity index (χ4v) is 3.96. The number of morpholine rings is 1. The molecule has 0 amide bonds. The number of aromatic nitrogens is 3. The van der Waals surface area contributed by atoms with Gasteiger partial charge in [0.05, 0.1) is 13.2 Å². The van der Waals surface area contributed by atoms with Crippen molar-refractivity contribution in [2.24, 2.45) is 7.05 Å². The van der Waals surface area contributed by atoms with Crippen LogP contribution in [0.2, 0.25) is 0 Å². The molecule has 26 heavy (non-hydrogen) atoms. The van der Waals surface area contributed by atoms with Crippen molar-refractivity contribution in [2.45, 2.75) is 32.2 Å². The van der Waals surface area contributed by atoms with Crippen LogP contribution in [0.1, 0.15) is 37.8 Å². The van der Waals surface area contributed by atoms with E-state index in [2.05, 4.69) is 46.1 Å². The first-order valence-electron chi connectivity index (χ1n) is 9.80. The number of benzene rings is 1. The van der Waals surface area contributed by atoms with Gasteiger partial charge in [0, 0.05) is 31.7 Å². The minimum Gasteiger partial charge on any atom is -0.378 e. The van der Waals surface area contributed by atoms with E-state index >= 15 is 0 Å². The number of hydrogen-bond donors (Lipinski definition) is 0. The summed E-state index contributed by atoms with van der Waals surface area (Å²) in [6, 6.07) is 9.27. The average molecular weight is 355 g/mol. The first kappa shape index (κ1) is 17.5. The third-order valence-corrected chi connectivity index (χ3v) is 5.62. The van der Waals surface area contributed by atoms with Crippen molar-refractivity contribution < 1.29 is 4.74 Å². The molecule has 1 unspecified atom stereocenters. The first-order chi connectivity index (χ1) is 12.7. The maximum absolute atomic E-state index is 5.43. The quantitative estimate of drug-likeness (QED) is 0.844. The van der Waals surface area contributed by atoms with Crippen LogP contribution in [0.4, 0.5) is 5.95 Å². The summed E-state index contributed by atoms with van der Waals surface area (Å²) in [4.78, 5) is 9.61. The molecule has 0 N–H and O–H groups in total. The molecule has 0 spiro atoms. The topological polar surface area (TPSA) is 46.4 Å². The number of piperidine rings is 1. The summed E-state index contributed by atoms with van der Waals surface area (Å²) in [5, 5.41) is 4.63. The molecule has 0 aliphatic carbocycles. The Kier molecular flexibility index (Phi) is 5.22. The van der Waals surface area contributed by atoms with E-state index < -0.39 is 0 Å². The zero-order valence-corrected chi connectivity index (χ0v) is 15.9. The van der Waals surface area contributed by atoms with E-state index in [-0.39, 0.29) is 0 Å². The van der Waals surface area contributed by atoms with Crippen LogP contribution in [-0.2, 0) is 11.8 Å². The Hall–Kier alpha value is -1.92. The lowest BCUT2D eigenvalue weighted by Gasteiger charge is -2.32. The summed E-state index contributed by atoms with van der Waals surface area (Å²) in [7, 11) is 1.97. The molecule has 2 aliphatic rings.